The lowest BCUT2D eigenvalue weighted by molar-refractivity contribution is 0.585. The third-order valence-electron chi connectivity index (χ3n) is 1.78. The van der Waals surface area contributed by atoms with E-state index in [0.717, 1.165) is 12.8 Å². The minimum atomic E-state index is -3.22. The highest BCUT2D eigenvalue weighted by atomic mass is 32.2. The number of nitrogens with two attached hydrogens (primary N) is 1. The van der Waals surface area contributed by atoms with Crippen LogP contribution < -0.4 is 5.14 Å². The Morgan fingerprint density at radius 3 is 1.73 bits per heavy atom. The number of rotatable bonds is 7. The van der Waals surface area contributed by atoms with Gasteiger partial charge in [0.15, 0.2) is 0 Å². The molecule has 0 rings (SSSR count). The van der Waals surface area contributed by atoms with Crippen LogP contribution in [0.2, 0.25) is 0 Å². The first-order chi connectivity index (χ1) is 6.56. The molecule has 0 amide bonds. The quantitative estimate of drug-likeness (QED) is 0.699. The van der Waals surface area contributed by atoms with Crippen LogP contribution in [0.5, 0.6) is 0 Å². The molecular weight excluding hydrogens is 217 g/mol. The summed E-state index contributed by atoms with van der Waals surface area (Å²) in [4.78, 5) is 0. The van der Waals surface area contributed by atoms with Crippen molar-refractivity contribution in [1.82, 2.24) is 0 Å². The minimum absolute atomic E-state index is 0. The van der Waals surface area contributed by atoms with Gasteiger partial charge in [0.05, 0.1) is 5.75 Å². The molecule has 2 N–H and O–H groups in total. The molecule has 5 heteroatoms. The lowest BCUT2D eigenvalue weighted by Crippen LogP contribution is -2.16. The number of halogens is 1. The third kappa shape index (κ3) is 24.8. The first-order valence-electron chi connectivity index (χ1n) is 5.56. The van der Waals surface area contributed by atoms with Crippen molar-refractivity contribution in [2.24, 2.45) is 5.14 Å². The van der Waals surface area contributed by atoms with Crippen LogP contribution >= 0.6 is 0 Å². The van der Waals surface area contributed by atoms with E-state index in [0.29, 0.717) is 6.42 Å². The highest BCUT2D eigenvalue weighted by Gasteiger charge is 2.00. The van der Waals surface area contributed by atoms with E-state index in [1.54, 1.807) is 0 Å². The van der Waals surface area contributed by atoms with Gasteiger partial charge in [-0.3, -0.25) is 4.70 Å². The first kappa shape index (κ1) is 20.3. The predicted octanol–water partition coefficient (Wildman–Crippen LogP) is 2.81. The maximum Gasteiger partial charge on any atom is 0.209 e. The van der Waals surface area contributed by atoms with E-state index in [-0.39, 0.29) is 10.5 Å². The zero-order chi connectivity index (χ0) is 11.4. The summed E-state index contributed by atoms with van der Waals surface area (Å²) >= 11 is 0. The molecular formula is C10H26FNO2S. The number of hydrogen-bond acceptors (Lipinski definition) is 2. The number of primary sulfonamides is 1. The molecule has 0 aliphatic rings. The summed E-state index contributed by atoms with van der Waals surface area (Å²) in [5, 5.41) is 4.85. The van der Waals surface area contributed by atoms with Gasteiger partial charge in [0.25, 0.3) is 0 Å². The second kappa shape index (κ2) is 13.8. The number of hydrogen-bond donors (Lipinski definition) is 1. The van der Waals surface area contributed by atoms with Gasteiger partial charge in [-0.2, -0.15) is 0 Å². The third-order valence-corrected chi connectivity index (χ3v) is 2.64. The largest absolute Gasteiger partial charge is 0.269 e. The van der Waals surface area contributed by atoms with Crippen molar-refractivity contribution in [1.29, 1.82) is 0 Å². The predicted molar refractivity (Wildman–Crippen MR) is 65.2 cm³/mol. The Balaban J connectivity index is -0.000000449. The van der Waals surface area contributed by atoms with E-state index in [9.17, 15) is 8.42 Å². The summed E-state index contributed by atoms with van der Waals surface area (Å²) in [7, 11) is -3.22. The maximum atomic E-state index is 10.5. The van der Waals surface area contributed by atoms with Crippen molar-refractivity contribution in [2.45, 2.75) is 59.3 Å². The Morgan fingerprint density at radius 1 is 0.933 bits per heavy atom. The molecule has 0 bridgehead atoms. The van der Waals surface area contributed by atoms with Crippen LogP contribution in [0.4, 0.5) is 4.70 Å². The lowest BCUT2D eigenvalue weighted by Gasteiger charge is -1.98. The molecule has 0 unspecified atom stereocenters. The molecule has 0 radical (unpaired) electrons. The second-order valence-corrected chi connectivity index (χ2v) is 4.87. The van der Waals surface area contributed by atoms with Gasteiger partial charge in [-0.25, -0.2) is 13.6 Å². The Kier molecular flexibility index (Phi) is 18.7. The van der Waals surface area contributed by atoms with E-state index in [1.807, 2.05) is 13.8 Å². The summed E-state index contributed by atoms with van der Waals surface area (Å²) in [6, 6.07) is 0. The van der Waals surface area contributed by atoms with Gasteiger partial charge in [0, 0.05) is 0 Å². The number of sulfonamides is 1. The van der Waals surface area contributed by atoms with E-state index >= 15 is 0 Å². The molecule has 0 aliphatic carbocycles. The Morgan fingerprint density at radius 2 is 1.33 bits per heavy atom. The van der Waals surface area contributed by atoms with E-state index in [1.165, 1.54) is 19.3 Å². The summed E-state index contributed by atoms with van der Waals surface area (Å²) in [6.45, 7) is 6.16. The van der Waals surface area contributed by atoms with Crippen molar-refractivity contribution in [3.05, 3.63) is 0 Å². The standard InChI is InChI=1S/C8H19NO2S.C2H6.FH/c1-2-3-4-5-6-7-8-12(9,10)11;1-2;/h2-8H2,1H3,(H2,9,10,11);1-2H3;1H. The summed E-state index contributed by atoms with van der Waals surface area (Å²) in [5.41, 5.74) is 0. The fraction of sp³-hybridized carbons (Fsp3) is 1.00. The highest BCUT2D eigenvalue weighted by molar-refractivity contribution is 7.89. The molecule has 0 aromatic carbocycles. The van der Waals surface area contributed by atoms with Crippen LogP contribution in [0.3, 0.4) is 0 Å². The molecule has 0 aliphatic heterocycles. The SMILES string of the molecule is CC.CCCCCCCCS(N)(=O)=O.F. The fourth-order valence-corrected chi connectivity index (χ4v) is 1.69. The minimum Gasteiger partial charge on any atom is -0.269 e. The van der Waals surface area contributed by atoms with Crippen LogP contribution in [-0.2, 0) is 10.0 Å². The zero-order valence-electron chi connectivity index (χ0n) is 10.2. The van der Waals surface area contributed by atoms with Gasteiger partial charge >= 0.3 is 0 Å². The fourth-order valence-electron chi connectivity index (χ4n) is 1.08. The normalized spacial score (nSPS) is 9.87. The first-order valence-corrected chi connectivity index (χ1v) is 7.28. The second-order valence-electron chi connectivity index (χ2n) is 3.13. The molecule has 0 aromatic heterocycles. The molecule has 0 atom stereocenters. The van der Waals surface area contributed by atoms with Gasteiger partial charge < -0.3 is 0 Å². The van der Waals surface area contributed by atoms with Crippen molar-refractivity contribution < 1.29 is 13.1 Å². The maximum absolute atomic E-state index is 10.5. The Bertz CT molecular complexity index is 194. The van der Waals surface area contributed by atoms with Crippen LogP contribution in [0.15, 0.2) is 0 Å². The van der Waals surface area contributed by atoms with Crippen molar-refractivity contribution >= 4 is 10.0 Å². The van der Waals surface area contributed by atoms with Crippen molar-refractivity contribution in [2.75, 3.05) is 5.75 Å². The highest BCUT2D eigenvalue weighted by Crippen LogP contribution is 2.05. The van der Waals surface area contributed by atoms with E-state index in [2.05, 4.69) is 6.92 Å². The topological polar surface area (TPSA) is 60.2 Å². The van der Waals surface area contributed by atoms with Crippen LogP contribution in [0, 0.1) is 0 Å². The van der Waals surface area contributed by atoms with E-state index < -0.39 is 10.0 Å². The molecule has 0 spiro atoms. The molecule has 96 valence electrons. The van der Waals surface area contributed by atoms with Crippen molar-refractivity contribution in [3.63, 3.8) is 0 Å². The Labute approximate surface area is 93.9 Å². The summed E-state index contributed by atoms with van der Waals surface area (Å²) < 4.78 is 21.0. The zero-order valence-corrected chi connectivity index (χ0v) is 11.0. The van der Waals surface area contributed by atoms with Crippen LogP contribution in [0.25, 0.3) is 0 Å². The molecule has 15 heavy (non-hydrogen) atoms. The average molecular weight is 243 g/mol. The average Bonchev–Trinajstić information content (AvgIpc) is 2.13. The molecule has 0 saturated heterocycles. The van der Waals surface area contributed by atoms with Gasteiger partial charge in [-0.15, -0.1) is 0 Å². The Hall–Kier alpha value is -0.160. The summed E-state index contributed by atoms with van der Waals surface area (Å²) in [5.74, 6) is 0.138. The van der Waals surface area contributed by atoms with Gasteiger partial charge in [-0.1, -0.05) is 52.9 Å². The molecule has 0 aromatic rings. The van der Waals surface area contributed by atoms with Crippen LogP contribution in [0.1, 0.15) is 59.3 Å². The molecule has 0 heterocycles. The lowest BCUT2D eigenvalue weighted by atomic mass is 10.1. The van der Waals surface area contributed by atoms with Gasteiger partial charge in [0.1, 0.15) is 0 Å². The van der Waals surface area contributed by atoms with Gasteiger partial charge in [-0.05, 0) is 6.42 Å². The summed E-state index contributed by atoms with van der Waals surface area (Å²) in [6.07, 6.45) is 6.49. The monoisotopic (exact) mass is 243 g/mol. The molecule has 3 nitrogen and oxygen atoms in total. The number of unbranched alkanes of at least 4 members (excludes halogenated alkanes) is 5. The molecule has 0 fully saturated rings. The smallest absolute Gasteiger partial charge is 0.209 e. The van der Waals surface area contributed by atoms with E-state index in [4.69, 9.17) is 5.14 Å². The van der Waals surface area contributed by atoms with Crippen molar-refractivity contribution in [3.8, 4) is 0 Å². The molecule has 0 saturated carbocycles. The van der Waals surface area contributed by atoms with Crippen LogP contribution in [-0.4, -0.2) is 14.2 Å². The van der Waals surface area contributed by atoms with Gasteiger partial charge in [0.2, 0.25) is 10.0 Å².